The van der Waals surface area contributed by atoms with Crippen LogP contribution in [0.15, 0.2) is 34.9 Å². The molecule has 0 spiro atoms. The van der Waals surface area contributed by atoms with Crippen molar-refractivity contribution in [3.63, 3.8) is 0 Å². The molecule has 1 fully saturated rings. The Morgan fingerprint density at radius 2 is 1.59 bits per heavy atom. The zero-order chi connectivity index (χ0) is 12.3. The highest BCUT2D eigenvalue weighted by Gasteiger charge is 2.16. The molecule has 0 heteroatoms. The summed E-state index contributed by atoms with van der Waals surface area (Å²) in [5, 5.41) is 0. The van der Waals surface area contributed by atoms with Gasteiger partial charge in [0.2, 0.25) is 0 Å². The van der Waals surface area contributed by atoms with Crippen LogP contribution in [0.1, 0.15) is 65.2 Å². The van der Waals surface area contributed by atoms with Crippen molar-refractivity contribution in [2.45, 2.75) is 65.2 Å². The number of allylic oxidation sites excluding steroid dienone is 5. The maximum atomic E-state index is 4.24. The fraction of sp³-hybridized carbons (Fsp3) is 0.647. The summed E-state index contributed by atoms with van der Waals surface area (Å²) in [5.41, 5.74) is 6.30. The Balaban J connectivity index is 2.24. The first kappa shape index (κ1) is 12.7. The quantitative estimate of drug-likeness (QED) is 0.581. The predicted octanol–water partition coefficient (Wildman–Crippen LogP) is 5.57. The standard InChI is InChI=1S/C17H26/c1-13(2)17-11-7-6-10-16(17)12-15-9-5-4-8-14(15)3/h12-13H,3-11H2,1-2H3/b15-12-. The third kappa shape index (κ3) is 3.12. The first-order chi connectivity index (χ1) is 8.18. The van der Waals surface area contributed by atoms with Crippen LogP contribution in [0.5, 0.6) is 0 Å². The van der Waals surface area contributed by atoms with Gasteiger partial charge >= 0.3 is 0 Å². The maximum absolute atomic E-state index is 4.24. The number of hydrogen-bond donors (Lipinski definition) is 0. The van der Waals surface area contributed by atoms with Crippen LogP contribution in [0.25, 0.3) is 0 Å². The van der Waals surface area contributed by atoms with Gasteiger partial charge in [0, 0.05) is 0 Å². The number of hydrogen-bond acceptors (Lipinski definition) is 0. The van der Waals surface area contributed by atoms with E-state index in [0.717, 1.165) is 5.92 Å². The van der Waals surface area contributed by atoms with Gasteiger partial charge in [-0.05, 0) is 68.4 Å². The van der Waals surface area contributed by atoms with Gasteiger partial charge < -0.3 is 0 Å². The predicted molar refractivity (Wildman–Crippen MR) is 76.0 cm³/mol. The van der Waals surface area contributed by atoms with Crippen molar-refractivity contribution in [2.75, 3.05) is 0 Å². The van der Waals surface area contributed by atoms with E-state index in [2.05, 4.69) is 26.5 Å². The summed E-state index contributed by atoms with van der Waals surface area (Å²) in [6.07, 6.45) is 13.1. The minimum Gasteiger partial charge on any atom is -0.0956 e. The van der Waals surface area contributed by atoms with Gasteiger partial charge in [0.25, 0.3) is 0 Å². The number of rotatable bonds is 2. The van der Waals surface area contributed by atoms with Crippen LogP contribution in [0.3, 0.4) is 0 Å². The molecule has 0 nitrogen and oxygen atoms in total. The van der Waals surface area contributed by atoms with Crippen molar-refractivity contribution in [2.24, 2.45) is 5.92 Å². The van der Waals surface area contributed by atoms with Gasteiger partial charge in [-0.15, -0.1) is 0 Å². The topological polar surface area (TPSA) is 0 Å². The molecule has 2 aliphatic carbocycles. The molecule has 0 heterocycles. The molecule has 0 aromatic heterocycles. The largest absolute Gasteiger partial charge is 0.0956 e. The van der Waals surface area contributed by atoms with Gasteiger partial charge in [0.15, 0.2) is 0 Å². The lowest BCUT2D eigenvalue weighted by atomic mass is 9.82. The second-order valence-electron chi connectivity index (χ2n) is 5.89. The van der Waals surface area contributed by atoms with Crippen molar-refractivity contribution in [1.82, 2.24) is 0 Å². The van der Waals surface area contributed by atoms with E-state index in [9.17, 15) is 0 Å². The summed E-state index contributed by atoms with van der Waals surface area (Å²) in [4.78, 5) is 0. The van der Waals surface area contributed by atoms with Crippen molar-refractivity contribution in [1.29, 1.82) is 0 Å². The molecule has 94 valence electrons. The third-order valence-corrected chi connectivity index (χ3v) is 4.23. The SMILES string of the molecule is C=C1CCCC/C1=C/C1=C(C(C)C)CCCC1. The lowest BCUT2D eigenvalue weighted by Gasteiger charge is -2.24. The Kier molecular flexibility index (Phi) is 4.25. The Labute approximate surface area is 106 Å². The molecule has 0 saturated heterocycles. The average Bonchev–Trinajstić information content (AvgIpc) is 2.32. The van der Waals surface area contributed by atoms with Gasteiger partial charge in [0.05, 0.1) is 0 Å². The lowest BCUT2D eigenvalue weighted by molar-refractivity contribution is 0.603. The van der Waals surface area contributed by atoms with Crippen LogP contribution in [0.4, 0.5) is 0 Å². The summed E-state index contributed by atoms with van der Waals surface area (Å²) < 4.78 is 0. The molecular weight excluding hydrogens is 204 g/mol. The van der Waals surface area contributed by atoms with E-state index in [1.807, 2.05) is 0 Å². The molecule has 1 saturated carbocycles. The van der Waals surface area contributed by atoms with Crippen LogP contribution in [-0.2, 0) is 0 Å². The first-order valence-electron chi connectivity index (χ1n) is 7.29. The Morgan fingerprint density at radius 3 is 2.29 bits per heavy atom. The second-order valence-corrected chi connectivity index (χ2v) is 5.89. The van der Waals surface area contributed by atoms with E-state index >= 15 is 0 Å². The van der Waals surface area contributed by atoms with Crippen LogP contribution in [0, 0.1) is 5.92 Å². The molecule has 0 radical (unpaired) electrons. The van der Waals surface area contributed by atoms with Crippen LogP contribution >= 0.6 is 0 Å². The molecule has 2 rings (SSSR count). The molecule has 0 amide bonds. The van der Waals surface area contributed by atoms with E-state index in [1.165, 1.54) is 56.9 Å². The fourth-order valence-electron chi connectivity index (χ4n) is 3.15. The van der Waals surface area contributed by atoms with Gasteiger partial charge in [-0.25, -0.2) is 0 Å². The molecule has 0 aromatic carbocycles. The van der Waals surface area contributed by atoms with E-state index < -0.39 is 0 Å². The summed E-state index contributed by atoms with van der Waals surface area (Å²) in [6.45, 7) is 8.92. The fourth-order valence-corrected chi connectivity index (χ4v) is 3.15. The molecule has 0 atom stereocenters. The molecule has 17 heavy (non-hydrogen) atoms. The molecule has 0 bridgehead atoms. The Morgan fingerprint density at radius 1 is 0.941 bits per heavy atom. The molecule has 0 N–H and O–H groups in total. The molecule has 0 unspecified atom stereocenters. The maximum Gasteiger partial charge on any atom is -0.0254 e. The zero-order valence-electron chi connectivity index (χ0n) is 11.5. The summed E-state index contributed by atoms with van der Waals surface area (Å²) in [5.74, 6) is 0.721. The Hall–Kier alpha value is -0.780. The minimum atomic E-state index is 0.721. The molecule has 0 aromatic rings. The van der Waals surface area contributed by atoms with Crippen molar-refractivity contribution in [3.05, 3.63) is 34.9 Å². The average molecular weight is 230 g/mol. The van der Waals surface area contributed by atoms with Crippen molar-refractivity contribution < 1.29 is 0 Å². The van der Waals surface area contributed by atoms with Crippen LogP contribution in [-0.4, -0.2) is 0 Å². The Bertz CT molecular complexity index is 352. The van der Waals surface area contributed by atoms with E-state index in [0.29, 0.717) is 0 Å². The minimum absolute atomic E-state index is 0.721. The van der Waals surface area contributed by atoms with Crippen molar-refractivity contribution >= 4 is 0 Å². The summed E-state index contributed by atoms with van der Waals surface area (Å²) in [6, 6.07) is 0. The van der Waals surface area contributed by atoms with E-state index in [1.54, 1.807) is 16.7 Å². The van der Waals surface area contributed by atoms with Crippen LogP contribution in [0.2, 0.25) is 0 Å². The molecule has 0 aliphatic heterocycles. The normalized spacial score (nSPS) is 24.9. The summed E-state index contributed by atoms with van der Waals surface area (Å²) >= 11 is 0. The second kappa shape index (κ2) is 5.71. The monoisotopic (exact) mass is 230 g/mol. The molecule has 2 aliphatic rings. The third-order valence-electron chi connectivity index (χ3n) is 4.23. The highest BCUT2D eigenvalue weighted by atomic mass is 14.2. The van der Waals surface area contributed by atoms with Crippen LogP contribution < -0.4 is 0 Å². The smallest absolute Gasteiger partial charge is 0.0254 e. The lowest BCUT2D eigenvalue weighted by Crippen LogP contribution is -2.06. The van der Waals surface area contributed by atoms with E-state index in [4.69, 9.17) is 0 Å². The van der Waals surface area contributed by atoms with Gasteiger partial charge in [-0.2, -0.15) is 0 Å². The highest BCUT2D eigenvalue weighted by molar-refractivity contribution is 5.40. The molecular formula is C17H26. The van der Waals surface area contributed by atoms with Gasteiger partial charge in [0.1, 0.15) is 0 Å². The van der Waals surface area contributed by atoms with E-state index in [-0.39, 0.29) is 0 Å². The summed E-state index contributed by atoms with van der Waals surface area (Å²) in [7, 11) is 0. The highest BCUT2D eigenvalue weighted by Crippen LogP contribution is 2.34. The first-order valence-corrected chi connectivity index (χ1v) is 7.29. The van der Waals surface area contributed by atoms with Gasteiger partial charge in [-0.3, -0.25) is 0 Å². The van der Waals surface area contributed by atoms with Gasteiger partial charge in [-0.1, -0.05) is 37.6 Å². The zero-order valence-corrected chi connectivity index (χ0v) is 11.5. The van der Waals surface area contributed by atoms with Crippen molar-refractivity contribution in [3.8, 4) is 0 Å².